The monoisotopic (exact) mass is 338 g/mol. The van der Waals surface area contributed by atoms with Crippen LogP contribution in [0.1, 0.15) is 32.3 Å². The molecule has 5 heteroatoms. The summed E-state index contributed by atoms with van der Waals surface area (Å²) in [7, 11) is 0. The molecule has 1 aromatic carbocycles. The number of thiophene rings is 1. The molecule has 0 bridgehead atoms. The van der Waals surface area contributed by atoms with Gasteiger partial charge in [0.15, 0.2) is 0 Å². The third kappa shape index (κ3) is 2.55. The highest BCUT2D eigenvalue weighted by Crippen LogP contribution is 2.34. The van der Waals surface area contributed by atoms with E-state index in [4.69, 9.17) is 4.52 Å². The predicted molar refractivity (Wildman–Crippen MR) is 94.2 cm³/mol. The van der Waals surface area contributed by atoms with E-state index in [9.17, 15) is 4.79 Å². The molecule has 3 aromatic rings. The van der Waals surface area contributed by atoms with Crippen molar-refractivity contribution in [2.75, 3.05) is 6.54 Å². The van der Waals surface area contributed by atoms with Gasteiger partial charge >= 0.3 is 0 Å². The number of benzene rings is 1. The highest BCUT2D eigenvalue weighted by molar-refractivity contribution is 7.17. The Labute approximate surface area is 144 Å². The summed E-state index contributed by atoms with van der Waals surface area (Å²) in [6.07, 6.45) is 0.921. The Morgan fingerprint density at radius 1 is 1.17 bits per heavy atom. The number of amides is 1. The molecule has 1 amide bonds. The summed E-state index contributed by atoms with van der Waals surface area (Å²) in [5.41, 5.74) is 4.46. The summed E-state index contributed by atoms with van der Waals surface area (Å²) in [5, 5.41) is 4.00. The quantitative estimate of drug-likeness (QED) is 0.703. The first kappa shape index (κ1) is 15.1. The molecule has 0 N–H and O–H groups in total. The number of hydrogen-bond donors (Lipinski definition) is 0. The lowest BCUT2D eigenvalue weighted by Gasteiger charge is -2.28. The van der Waals surface area contributed by atoms with Crippen LogP contribution in [0.25, 0.3) is 10.4 Å². The highest BCUT2D eigenvalue weighted by atomic mass is 32.1. The van der Waals surface area contributed by atoms with Gasteiger partial charge in [-0.25, -0.2) is 0 Å². The number of carbonyl (C=O) groups excluding carboxylic acids is 1. The minimum absolute atomic E-state index is 0.104. The summed E-state index contributed by atoms with van der Waals surface area (Å²) in [6, 6.07) is 12.3. The second-order valence-corrected chi connectivity index (χ2v) is 7.19. The van der Waals surface area contributed by atoms with E-state index in [0.29, 0.717) is 6.54 Å². The van der Waals surface area contributed by atoms with Gasteiger partial charge in [-0.15, -0.1) is 11.3 Å². The van der Waals surface area contributed by atoms with Gasteiger partial charge in [0.1, 0.15) is 5.76 Å². The Morgan fingerprint density at radius 2 is 1.96 bits per heavy atom. The molecule has 0 spiro atoms. The fourth-order valence-electron chi connectivity index (χ4n) is 3.25. The van der Waals surface area contributed by atoms with E-state index in [1.165, 1.54) is 22.5 Å². The molecule has 4 nitrogen and oxygen atoms in total. The number of rotatable bonds is 2. The van der Waals surface area contributed by atoms with Crippen LogP contribution in [0.4, 0.5) is 0 Å². The minimum Gasteiger partial charge on any atom is -0.361 e. The van der Waals surface area contributed by atoms with E-state index in [1.807, 2.05) is 36.9 Å². The zero-order valence-corrected chi connectivity index (χ0v) is 14.5. The second kappa shape index (κ2) is 5.91. The van der Waals surface area contributed by atoms with E-state index in [0.717, 1.165) is 39.7 Å². The first-order valence-electron chi connectivity index (χ1n) is 8.02. The first-order valence-corrected chi connectivity index (χ1v) is 8.84. The fourth-order valence-corrected chi connectivity index (χ4v) is 4.37. The maximum atomic E-state index is 12.9. The van der Waals surface area contributed by atoms with Gasteiger partial charge in [-0.3, -0.25) is 4.79 Å². The van der Waals surface area contributed by atoms with Crippen LogP contribution in [0.5, 0.6) is 0 Å². The van der Waals surface area contributed by atoms with Crippen LogP contribution in [0.15, 0.2) is 40.9 Å². The van der Waals surface area contributed by atoms with Crippen molar-refractivity contribution in [2.24, 2.45) is 0 Å². The normalized spacial score (nSPS) is 13.8. The summed E-state index contributed by atoms with van der Waals surface area (Å²) < 4.78 is 5.24. The topological polar surface area (TPSA) is 46.3 Å². The van der Waals surface area contributed by atoms with E-state index < -0.39 is 0 Å². The Balaban J connectivity index is 1.58. The molecule has 3 heterocycles. The van der Waals surface area contributed by atoms with Crippen molar-refractivity contribution in [3.05, 3.63) is 63.9 Å². The van der Waals surface area contributed by atoms with Crippen LogP contribution in [0.2, 0.25) is 0 Å². The number of fused-ring (bicyclic) bond motifs is 1. The summed E-state index contributed by atoms with van der Waals surface area (Å²) in [6.45, 7) is 5.29. The summed E-state index contributed by atoms with van der Waals surface area (Å²) in [4.78, 5) is 16.6. The first-order chi connectivity index (χ1) is 11.6. The van der Waals surface area contributed by atoms with Crippen LogP contribution >= 0.6 is 11.3 Å². The molecule has 4 rings (SSSR count). The third-order valence-electron chi connectivity index (χ3n) is 4.51. The molecule has 122 valence electrons. The SMILES string of the molecule is Cc1noc(C)c1-c1ccc(C(=O)N2CCc3ccccc3C2)s1. The number of aryl methyl sites for hydroxylation is 2. The van der Waals surface area contributed by atoms with Crippen molar-refractivity contribution in [3.8, 4) is 10.4 Å². The van der Waals surface area contributed by atoms with E-state index in [1.54, 1.807) is 0 Å². The number of hydrogen-bond acceptors (Lipinski definition) is 4. The standard InChI is InChI=1S/C19H18N2O2S/c1-12-18(13(2)23-20-12)16-7-8-17(24-16)19(22)21-10-9-14-5-3-4-6-15(14)11-21/h3-8H,9-11H2,1-2H3. The fraction of sp³-hybridized carbons (Fsp3) is 0.263. The molecule has 0 saturated heterocycles. The van der Waals surface area contributed by atoms with Gasteiger partial charge in [-0.2, -0.15) is 0 Å². The molecule has 2 aromatic heterocycles. The van der Waals surface area contributed by atoms with Crippen LogP contribution < -0.4 is 0 Å². The number of aromatic nitrogens is 1. The summed E-state index contributed by atoms with van der Waals surface area (Å²) in [5.74, 6) is 0.896. The molecule has 1 aliphatic heterocycles. The molecule has 24 heavy (non-hydrogen) atoms. The van der Waals surface area contributed by atoms with E-state index in [-0.39, 0.29) is 5.91 Å². The van der Waals surface area contributed by atoms with Gasteiger partial charge < -0.3 is 9.42 Å². The van der Waals surface area contributed by atoms with Gasteiger partial charge in [0.05, 0.1) is 16.1 Å². The van der Waals surface area contributed by atoms with Crippen molar-refractivity contribution >= 4 is 17.2 Å². The van der Waals surface area contributed by atoms with Gasteiger partial charge in [-0.05, 0) is 43.5 Å². The van der Waals surface area contributed by atoms with Crippen molar-refractivity contribution in [1.29, 1.82) is 0 Å². The second-order valence-electron chi connectivity index (χ2n) is 6.11. The molecule has 0 saturated carbocycles. The molecule has 0 atom stereocenters. The smallest absolute Gasteiger partial charge is 0.264 e. The lowest BCUT2D eigenvalue weighted by Crippen LogP contribution is -2.35. The highest BCUT2D eigenvalue weighted by Gasteiger charge is 2.23. The molecule has 0 aliphatic carbocycles. The third-order valence-corrected chi connectivity index (χ3v) is 5.61. The molecule has 0 unspecified atom stereocenters. The number of nitrogens with zero attached hydrogens (tertiary/aromatic N) is 2. The average molecular weight is 338 g/mol. The van der Waals surface area contributed by atoms with Crippen LogP contribution in [-0.4, -0.2) is 22.5 Å². The lowest BCUT2D eigenvalue weighted by atomic mass is 10.00. The van der Waals surface area contributed by atoms with E-state index >= 15 is 0 Å². The largest absolute Gasteiger partial charge is 0.361 e. The van der Waals surface area contributed by atoms with Crippen LogP contribution in [0.3, 0.4) is 0 Å². The molecular weight excluding hydrogens is 320 g/mol. The average Bonchev–Trinajstić information content (AvgIpc) is 3.20. The Morgan fingerprint density at radius 3 is 2.71 bits per heavy atom. The zero-order chi connectivity index (χ0) is 16.7. The maximum Gasteiger partial charge on any atom is 0.264 e. The van der Waals surface area contributed by atoms with Crippen molar-refractivity contribution in [1.82, 2.24) is 10.1 Å². The molecular formula is C19H18N2O2S. The van der Waals surface area contributed by atoms with Crippen LogP contribution in [-0.2, 0) is 13.0 Å². The Hall–Kier alpha value is -2.40. The van der Waals surface area contributed by atoms with Crippen molar-refractivity contribution in [3.63, 3.8) is 0 Å². The predicted octanol–water partition coefficient (Wildman–Crippen LogP) is 4.22. The van der Waals surface area contributed by atoms with Crippen molar-refractivity contribution in [2.45, 2.75) is 26.8 Å². The Bertz CT molecular complexity index is 890. The lowest BCUT2D eigenvalue weighted by molar-refractivity contribution is 0.0739. The molecule has 1 aliphatic rings. The van der Waals surface area contributed by atoms with Gasteiger partial charge in [0.25, 0.3) is 5.91 Å². The van der Waals surface area contributed by atoms with Crippen molar-refractivity contribution < 1.29 is 9.32 Å². The zero-order valence-electron chi connectivity index (χ0n) is 13.7. The maximum absolute atomic E-state index is 12.9. The minimum atomic E-state index is 0.104. The molecule has 0 fully saturated rings. The van der Waals surface area contributed by atoms with Crippen LogP contribution in [0, 0.1) is 13.8 Å². The van der Waals surface area contributed by atoms with Gasteiger partial charge in [0.2, 0.25) is 0 Å². The molecule has 0 radical (unpaired) electrons. The number of carbonyl (C=O) groups is 1. The van der Waals surface area contributed by atoms with Gasteiger partial charge in [0, 0.05) is 18.0 Å². The Kier molecular flexibility index (Phi) is 3.73. The van der Waals surface area contributed by atoms with Gasteiger partial charge in [-0.1, -0.05) is 29.4 Å². The van der Waals surface area contributed by atoms with E-state index in [2.05, 4.69) is 23.4 Å². The summed E-state index contributed by atoms with van der Waals surface area (Å²) >= 11 is 1.51.